The van der Waals surface area contributed by atoms with Crippen LogP contribution in [0.2, 0.25) is 0 Å². The number of thioether (sulfide) groups is 1. The maximum atomic E-state index is 13.2. The Morgan fingerprint density at radius 3 is 2.88 bits per heavy atom. The van der Waals surface area contributed by atoms with Crippen molar-refractivity contribution >= 4 is 34.7 Å². The summed E-state index contributed by atoms with van der Waals surface area (Å²) in [6.07, 6.45) is 0. The molecule has 0 fully saturated rings. The Labute approximate surface area is 144 Å². The summed E-state index contributed by atoms with van der Waals surface area (Å²) in [5, 5.41) is 11.3. The van der Waals surface area contributed by atoms with E-state index in [9.17, 15) is 13.6 Å². The first-order valence-electron chi connectivity index (χ1n) is 6.92. The van der Waals surface area contributed by atoms with Gasteiger partial charge in [0, 0.05) is 11.8 Å². The minimum atomic E-state index is -1.01. The molecule has 0 spiro atoms. The van der Waals surface area contributed by atoms with Crippen molar-refractivity contribution in [2.45, 2.75) is 17.3 Å². The van der Waals surface area contributed by atoms with Crippen LogP contribution < -0.4 is 5.32 Å². The summed E-state index contributed by atoms with van der Waals surface area (Å²) in [6, 6.07) is 7.03. The Hall–Kier alpha value is -2.26. The number of carbonyl (C=O) groups is 1. The second-order valence-electron chi connectivity index (χ2n) is 4.82. The zero-order valence-corrected chi connectivity index (χ0v) is 14.0. The van der Waals surface area contributed by atoms with E-state index in [-0.39, 0.29) is 11.6 Å². The van der Waals surface area contributed by atoms with Crippen molar-refractivity contribution in [3.05, 3.63) is 47.3 Å². The highest BCUT2D eigenvalue weighted by Crippen LogP contribution is 2.26. The van der Waals surface area contributed by atoms with Crippen LogP contribution in [0, 0.1) is 11.6 Å². The summed E-state index contributed by atoms with van der Waals surface area (Å²) >= 11 is 2.70. The molecule has 0 aliphatic rings. The summed E-state index contributed by atoms with van der Waals surface area (Å²) in [4.78, 5) is 17.4. The van der Waals surface area contributed by atoms with Crippen molar-refractivity contribution in [3.8, 4) is 10.7 Å². The van der Waals surface area contributed by atoms with E-state index in [0.29, 0.717) is 11.0 Å². The number of thiophene rings is 1. The van der Waals surface area contributed by atoms with Gasteiger partial charge in [-0.1, -0.05) is 17.8 Å². The molecule has 124 valence electrons. The predicted octanol–water partition coefficient (Wildman–Crippen LogP) is 3.93. The van der Waals surface area contributed by atoms with Crippen LogP contribution in [0.1, 0.15) is 6.92 Å². The van der Waals surface area contributed by atoms with Crippen molar-refractivity contribution in [2.24, 2.45) is 0 Å². The van der Waals surface area contributed by atoms with E-state index in [2.05, 4.69) is 20.5 Å². The summed E-state index contributed by atoms with van der Waals surface area (Å²) < 4.78 is 26.1. The number of anilines is 1. The minimum absolute atomic E-state index is 0.195. The first kappa shape index (κ1) is 16.6. The largest absolute Gasteiger partial charge is 0.325 e. The molecule has 2 aromatic heterocycles. The van der Waals surface area contributed by atoms with Gasteiger partial charge >= 0.3 is 0 Å². The number of hydrogen-bond acceptors (Lipinski definition) is 5. The molecule has 2 N–H and O–H groups in total. The zero-order chi connectivity index (χ0) is 17.1. The summed E-state index contributed by atoms with van der Waals surface area (Å²) in [6.45, 7) is 1.68. The SMILES string of the molecule is C[C@H](Sc1n[nH]c(-c2cccs2)n1)C(=O)Nc1ccc(F)c(F)c1. The quantitative estimate of drug-likeness (QED) is 0.671. The lowest BCUT2D eigenvalue weighted by molar-refractivity contribution is -0.115. The van der Waals surface area contributed by atoms with Crippen LogP contribution in [0.4, 0.5) is 14.5 Å². The molecule has 1 atom stereocenters. The van der Waals surface area contributed by atoms with Crippen molar-refractivity contribution in [2.75, 3.05) is 5.32 Å². The lowest BCUT2D eigenvalue weighted by Gasteiger charge is -2.10. The molecule has 0 saturated heterocycles. The fraction of sp³-hybridized carbons (Fsp3) is 0.133. The number of halogens is 2. The monoisotopic (exact) mass is 366 g/mol. The van der Waals surface area contributed by atoms with E-state index in [1.54, 1.807) is 6.92 Å². The molecule has 0 radical (unpaired) electrons. The number of H-pyrrole nitrogens is 1. The molecular weight excluding hydrogens is 354 g/mol. The van der Waals surface area contributed by atoms with E-state index >= 15 is 0 Å². The summed E-state index contributed by atoms with van der Waals surface area (Å²) in [7, 11) is 0. The van der Waals surface area contributed by atoms with Gasteiger partial charge in [-0.25, -0.2) is 13.8 Å². The molecule has 0 aliphatic carbocycles. The van der Waals surface area contributed by atoms with Gasteiger partial charge in [0.25, 0.3) is 0 Å². The normalized spacial score (nSPS) is 12.1. The molecular formula is C15H12F2N4OS2. The standard InChI is InChI=1S/C15H12F2N4OS2/c1-8(14(22)18-9-4-5-10(16)11(17)7-9)24-15-19-13(20-21-15)12-3-2-6-23-12/h2-8H,1H3,(H,18,22)(H,19,20,21)/t8-/m0/s1. The van der Waals surface area contributed by atoms with Crippen molar-refractivity contribution in [3.63, 3.8) is 0 Å². The molecule has 1 amide bonds. The summed E-state index contributed by atoms with van der Waals surface area (Å²) in [5.41, 5.74) is 0.195. The van der Waals surface area contributed by atoms with Crippen LogP contribution in [-0.2, 0) is 4.79 Å². The molecule has 24 heavy (non-hydrogen) atoms. The number of nitrogens with one attached hydrogen (secondary N) is 2. The zero-order valence-electron chi connectivity index (χ0n) is 12.4. The fourth-order valence-corrected chi connectivity index (χ4v) is 3.24. The van der Waals surface area contributed by atoms with Gasteiger partial charge in [0.1, 0.15) is 0 Å². The van der Waals surface area contributed by atoms with Gasteiger partial charge < -0.3 is 5.32 Å². The van der Waals surface area contributed by atoms with Gasteiger partial charge in [0.2, 0.25) is 11.1 Å². The molecule has 5 nitrogen and oxygen atoms in total. The molecule has 3 rings (SSSR count). The molecule has 9 heteroatoms. The maximum absolute atomic E-state index is 13.2. The number of carbonyl (C=O) groups excluding carboxylic acids is 1. The first-order valence-corrected chi connectivity index (χ1v) is 8.67. The van der Waals surface area contributed by atoms with Gasteiger partial charge in [-0.15, -0.1) is 16.4 Å². The predicted molar refractivity (Wildman–Crippen MR) is 90.0 cm³/mol. The van der Waals surface area contributed by atoms with Gasteiger partial charge in [-0.3, -0.25) is 9.89 Å². The number of nitrogens with zero attached hydrogens (tertiary/aromatic N) is 2. The van der Waals surface area contributed by atoms with Crippen LogP contribution in [0.5, 0.6) is 0 Å². The lowest BCUT2D eigenvalue weighted by Crippen LogP contribution is -2.22. The second-order valence-corrected chi connectivity index (χ2v) is 7.08. The Balaban J connectivity index is 1.62. The number of amides is 1. The molecule has 0 bridgehead atoms. The average molecular weight is 366 g/mol. The van der Waals surface area contributed by atoms with Gasteiger partial charge in [0.05, 0.1) is 10.1 Å². The van der Waals surface area contributed by atoms with E-state index in [1.165, 1.54) is 29.2 Å². The van der Waals surface area contributed by atoms with Crippen LogP contribution in [-0.4, -0.2) is 26.3 Å². The van der Waals surface area contributed by atoms with Gasteiger partial charge in [0.15, 0.2) is 17.5 Å². The van der Waals surface area contributed by atoms with Crippen molar-refractivity contribution in [1.82, 2.24) is 15.2 Å². The topological polar surface area (TPSA) is 70.7 Å². The third-order valence-corrected chi connectivity index (χ3v) is 4.90. The Morgan fingerprint density at radius 1 is 1.33 bits per heavy atom. The number of hydrogen-bond donors (Lipinski definition) is 2. The highest BCUT2D eigenvalue weighted by atomic mass is 32.2. The molecule has 0 unspecified atom stereocenters. The minimum Gasteiger partial charge on any atom is -0.325 e. The lowest BCUT2D eigenvalue weighted by atomic mass is 10.3. The van der Waals surface area contributed by atoms with Crippen molar-refractivity contribution < 1.29 is 13.6 Å². The Morgan fingerprint density at radius 2 is 2.17 bits per heavy atom. The fourth-order valence-electron chi connectivity index (χ4n) is 1.85. The van der Waals surface area contributed by atoms with E-state index in [4.69, 9.17) is 0 Å². The number of aromatic nitrogens is 3. The van der Waals surface area contributed by atoms with E-state index in [0.717, 1.165) is 17.0 Å². The van der Waals surface area contributed by atoms with Crippen LogP contribution >= 0.6 is 23.1 Å². The number of rotatable bonds is 5. The second kappa shape index (κ2) is 7.10. The van der Waals surface area contributed by atoms with E-state index in [1.807, 2.05) is 17.5 Å². The molecule has 0 aliphatic heterocycles. The average Bonchev–Trinajstić information content (AvgIpc) is 3.21. The third-order valence-electron chi connectivity index (χ3n) is 3.06. The number of aromatic amines is 1. The third kappa shape index (κ3) is 3.80. The summed E-state index contributed by atoms with van der Waals surface area (Å²) in [5.74, 6) is -1.69. The van der Waals surface area contributed by atoms with Crippen LogP contribution in [0.15, 0.2) is 40.9 Å². The number of benzene rings is 1. The van der Waals surface area contributed by atoms with Crippen LogP contribution in [0.25, 0.3) is 10.7 Å². The Kier molecular flexibility index (Phi) is 4.91. The maximum Gasteiger partial charge on any atom is 0.237 e. The molecule has 3 aromatic rings. The van der Waals surface area contributed by atoms with Gasteiger partial charge in [-0.2, -0.15) is 0 Å². The smallest absolute Gasteiger partial charge is 0.237 e. The Bertz CT molecular complexity index is 851. The van der Waals surface area contributed by atoms with Crippen molar-refractivity contribution in [1.29, 1.82) is 0 Å². The first-order chi connectivity index (χ1) is 11.5. The highest BCUT2D eigenvalue weighted by molar-refractivity contribution is 8.00. The highest BCUT2D eigenvalue weighted by Gasteiger charge is 2.18. The molecule has 0 saturated carbocycles. The molecule has 2 heterocycles. The van der Waals surface area contributed by atoms with Crippen LogP contribution in [0.3, 0.4) is 0 Å². The van der Waals surface area contributed by atoms with Gasteiger partial charge in [-0.05, 0) is 30.5 Å². The molecule has 1 aromatic carbocycles. The van der Waals surface area contributed by atoms with E-state index < -0.39 is 16.9 Å².